The van der Waals surface area contributed by atoms with Crippen LogP contribution in [0, 0.1) is 0 Å². The van der Waals surface area contributed by atoms with Crippen molar-refractivity contribution in [3.05, 3.63) is 69.8 Å². The van der Waals surface area contributed by atoms with E-state index in [0.717, 1.165) is 16.5 Å². The van der Waals surface area contributed by atoms with Crippen LogP contribution in [-0.2, 0) is 16.0 Å². The molecule has 3 rings (SSSR count). The minimum atomic E-state index is -0.985. The summed E-state index contributed by atoms with van der Waals surface area (Å²) in [6, 6.07) is 11.7. The maximum absolute atomic E-state index is 12.7. The zero-order valence-electron chi connectivity index (χ0n) is 15.7. The lowest BCUT2D eigenvalue weighted by molar-refractivity contribution is -0.128. The molecule has 29 heavy (non-hydrogen) atoms. The summed E-state index contributed by atoms with van der Waals surface area (Å²) in [5.41, 5.74) is 2.37. The summed E-state index contributed by atoms with van der Waals surface area (Å²) in [6.07, 6.45) is 1.16. The molecule has 0 saturated carbocycles. The van der Waals surface area contributed by atoms with Crippen LogP contribution in [0.4, 0.5) is 0 Å². The second-order valence-electron chi connectivity index (χ2n) is 6.78. The highest BCUT2D eigenvalue weighted by Gasteiger charge is 2.22. The van der Waals surface area contributed by atoms with E-state index in [9.17, 15) is 14.7 Å². The van der Waals surface area contributed by atoms with Gasteiger partial charge < -0.3 is 20.7 Å². The Balaban J connectivity index is 1.69. The first kappa shape index (κ1) is 21.2. The topological polar surface area (TPSA) is 94.2 Å². The highest BCUT2D eigenvalue weighted by molar-refractivity contribution is 6.34. The molecule has 0 spiro atoms. The molecular formula is C21H21Cl2N3O3. The van der Waals surface area contributed by atoms with Crippen molar-refractivity contribution in [2.24, 2.45) is 0 Å². The van der Waals surface area contributed by atoms with Crippen molar-refractivity contribution >= 4 is 45.9 Å². The van der Waals surface area contributed by atoms with Gasteiger partial charge in [0.25, 0.3) is 0 Å². The normalized spacial score (nSPS) is 13.1. The number of benzene rings is 2. The summed E-state index contributed by atoms with van der Waals surface area (Å²) in [7, 11) is 0. The third-order valence-electron chi connectivity index (χ3n) is 4.53. The third-order valence-corrected chi connectivity index (χ3v) is 4.97. The Kier molecular flexibility index (Phi) is 6.79. The van der Waals surface area contributed by atoms with E-state index >= 15 is 0 Å². The zero-order valence-corrected chi connectivity index (χ0v) is 17.2. The van der Waals surface area contributed by atoms with Gasteiger partial charge in [0.1, 0.15) is 6.04 Å². The minimum absolute atomic E-state index is 0.0422. The lowest BCUT2D eigenvalue weighted by Gasteiger charge is -2.19. The van der Waals surface area contributed by atoms with E-state index in [0.29, 0.717) is 22.0 Å². The molecule has 0 aliphatic heterocycles. The van der Waals surface area contributed by atoms with E-state index in [1.165, 1.54) is 6.92 Å². The van der Waals surface area contributed by atoms with Crippen molar-refractivity contribution < 1.29 is 14.7 Å². The number of nitrogens with one attached hydrogen (secondary N) is 3. The number of aliphatic hydroxyl groups excluding tert-OH is 1. The number of halogens is 2. The Morgan fingerprint density at radius 2 is 1.83 bits per heavy atom. The van der Waals surface area contributed by atoms with E-state index in [4.69, 9.17) is 23.2 Å². The summed E-state index contributed by atoms with van der Waals surface area (Å²) in [5.74, 6) is -0.704. The molecule has 2 amide bonds. The van der Waals surface area contributed by atoms with E-state index in [-0.39, 0.29) is 12.5 Å². The molecule has 0 fully saturated rings. The Hall–Kier alpha value is -2.54. The van der Waals surface area contributed by atoms with E-state index < -0.39 is 18.1 Å². The highest BCUT2D eigenvalue weighted by atomic mass is 35.5. The van der Waals surface area contributed by atoms with Gasteiger partial charge in [-0.15, -0.1) is 0 Å². The number of para-hydroxylation sites is 1. The molecule has 0 saturated heterocycles. The molecule has 0 radical (unpaired) electrons. The quantitative estimate of drug-likeness (QED) is 0.459. The van der Waals surface area contributed by atoms with Gasteiger partial charge in [-0.3, -0.25) is 9.59 Å². The Labute approximate surface area is 178 Å². The first-order valence-electron chi connectivity index (χ1n) is 9.07. The summed E-state index contributed by atoms with van der Waals surface area (Å²) in [5, 5.41) is 17.5. The third kappa shape index (κ3) is 5.50. The minimum Gasteiger partial charge on any atom is -0.387 e. The molecule has 2 unspecified atom stereocenters. The fraction of sp³-hybridized carbons (Fsp3) is 0.238. The molecule has 0 aliphatic carbocycles. The first-order valence-corrected chi connectivity index (χ1v) is 9.83. The van der Waals surface area contributed by atoms with Crippen LogP contribution in [0.3, 0.4) is 0 Å². The van der Waals surface area contributed by atoms with Gasteiger partial charge in [-0.1, -0.05) is 41.4 Å². The van der Waals surface area contributed by atoms with Crippen LogP contribution >= 0.6 is 23.2 Å². The van der Waals surface area contributed by atoms with Gasteiger partial charge in [0.05, 0.1) is 6.10 Å². The number of amides is 2. The predicted molar refractivity (Wildman–Crippen MR) is 114 cm³/mol. The number of rotatable bonds is 7. The van der Waals surface area contributed by atoms with E-state index in [2.05, 4.69) is 15.6 Å². The van der Waals surface area contributed by atoms with Gasteiger partial charge >= 0.3 is 0 Å². The van der Waals surface area contributed by atoms with Crippen molar-refractivity contribution in [1.82, 2.24) is 15.6 Å². The average Bonchev–Trinajstić information content (AvgIpc) is 3.07. The molecule has 3 aromatic rings. The van der Waals surface area contributed by atoms with Crippen LogP contribution in [0.5, 0.6) is 0 Å². The summed E-state index contributed by atoms with van der Waals surface area (Å²) < 4.78 is 0. The standard InChI is InChI=1S/C21H21Cl2N3O3/c1-12(27)26-19(8-14-10-24-18-5-3-2-4-17(14)18)21(29)25-11-20(28)13-6-15(22)9-16(23)7-13/h2-7,9-10,19-20,24,28H,8,11H2,1H3,(H,25,29)(H,26,27). The van der Waals surface area contributed by atoms with Crippen LogP contribution in [-0.4, -0.2) is 34.5 Å². The summed E-state index contributed by atoms with van der Waals surface area (Å²) >= 11 is 11.9. The summed E-state index contributed by atoms with van der Waals surface area (Å²) in [6.45, 7) is 1.32. The van der Waals surface area contributed by atoms with Crippen LogP contribution in [0.15, 0.2) is 48.7 Å². The number of hydrogen-bond donors (Lipinski definition) is 4. The molecule has 2 atom stereocenters. The Morgan fingerprint density at radius 3 is 2.52 bits per heavy atom. The van der Waals surface area contributed by atoms with Crippen molar-refractivity contribution in [3.8, 4) is 0 Å². The molecule has 152 valence electrons. The van der Waals surface area contributed by atoms with E-state index in [1.807, 2.05) is 30.5 Å². The molecule has 0 aliphatic rings. The summed E-state index contributed by atoms with van der Waals surface area (Å²) in [4.78, 5) is 27.5. The second-order valence-corrected chi connectivity index (χ2v) is 7.65. The number of aromatic amines is 1. The molecule has 8 heteroatoms. The van der Waals surface area contributed by atoms with Gasteiger partial charge in [0.15, 0.2) is 0 Å². The highest BCUT2D eigenvalue weighted by Crippen LogP contribution is 2.23. The van der Waals surface area contributed by atoms with E-state index in [1.54, 1.807) is 18.2 Å². The molecule has 0 bridgehead atoms. The molecular weight excluding hydrogens is 413 g/mol. The molecule has 4 N–H and O–H groups in total. The fourth-order valence-corrected chi connectivity index (χ4v) is 3.72. The number of hydrogen-bond acceptors (Lipinski definition) is 3. The van der Waals surface area contributed by atoms with Crippen molar-refractivity contribution in [2.45, 2.75) is 25.5 Å². The molecule has 1 aromatic heterocycles. The molecule has 1 heterocycles. The molecule has 6 nitrogen and oxygen atoms in total. The van der Waals surface area contributed by atoms with Crippen molar-refractivity contribution in [3.63, 3.8) is 0 Å². The van der Waals surface area contributed by atoms with Crippen molar-refractivity contribution in [2.75, 3.05) is 6.54 Å². The molecule has 2 aromatic carbocycles. The van der Waals surface area contributed by atoms with Crippen LogP contribution in [0.25, 0.3) is 10.9 Å². The predicted octanol–water partition coefficient (Wildman–Crippen LogP) is 3.37. The monoisotopic (exact) mass is 433 g/mol. The maximum Gasteiger partial charge on any atom is 0.243 e. The number of aliphatic hydroxyl groups is 1. The smallest absolute Gasteiger partial charge is 0.243 e. The Morgan fingerprint density at radius 1 is 1.14 bits per heavy atom. The second kappa shape index (κ2) is 9.31. The average molecular weight is 434 g/mol. The Bertz CT molecular complexity index is 1010. The van der Waals surface area contributed by atoms with Crippen LogP contribution in [0.1, 0.15) is 24.2 Å². The van der Waals surface area contributed by atoms with Crippen LogP contribution < -0.4 is 10.6 Å². The maximum atomic E-state index is 12.7. The van der Waals surface area contributed by atoms with Gasteiger partial charge in [0, 0.05) is 47.0 Å². The van der Waals surface area contributed by atoms with Gasteiger partial charge in [-0.25, -0.2) is 0 Å². The zero-order chi connectivity index (χ0) is 21.0. The fourth-order valence-electron chi connectivity index (χ4n) is 3.18. The first-order chi connectivity index (χ1) is 13.8. The lowest BCUT2D eigenvalue weighted by atomic mass is 10.0. The van der Waals surface area contributed by atoms with Crippen molar-refractivity contribution in [1.29, 1.82) is 0 Å². The number of H-pyrrole nitrogens is 1. The number of carbonyl (C=O) groups is 2. The number of carbonyl (C=O) groups excluding carboxylic acids is 2. The van der Waals surface area contributed by atoms with Crippen LogP contribution in [0.2, 0.25) is 10.0 Å². The SMILES string of the molecule is CC(=O)NC(Cc1c[nH]c2ccccc12)C(=O)NCC(O)c1cc(Cl)cc(Cl)c1. The number of aromatic nitrogens is 1. The number of fused-ring (bicyclic) bond motifs is 1. The van der Waals surface area contributed by atoms with Gasteiger partial charge in [-0.05, 0) is 35.4 Å². The largest absolute Gasteiger partial charge is 0.387 e. The van der Waals surface area contributed by atoms with Gasteiger partial charge in [-0.2, -0.15) is 0 Å². The lowest BCUT2D eigenvalue weighted by Crippen LogP contribution is -2.48. The van der Waals surface area contributed by atoms with Gasteiger partial charge in [0.2, 0.25) is 11.8 Å².